The van der Waals surface area contributed by atoms with Gasteiger partial charge < -0.3 is 0 Å². The highest BCUT2D eigenvalue weighted by Gasteiger charge is 1.51. The van der Waals surface area contributed by atoms with Gasteiger partial charge in [0.05, 0.1) is 5.55 Å². The monoisotopic (exact) mass is 89.0 g/mol. The van der Waals surface area contributed by atoms with Crippen LogP contribution in [0.5, 0.6) is 0 Å². The minimum Gasteiger partial charge on any atom is -0.287 e. The number of aliphatic imine (C=N–C) groups is 1. The molecule has 0 unspecified atom stereocenters. The third kappa shape index (κ3) is 4.02. The van der Waals surface area contributed by atoms with Gasteiger partial charge in [-0.15, -0.1) is 12.6 Å². The maximum atomic E-state index is 3.71. The third-order valence-corrected chi connectivity index (χ3v) is 0.428. The summed E-state index contributed by atoms with van der Waals surface area (Å²) < 4.78 is 0. The van der Waals surface area contributed by atoms with Gasteiger partial charge >= 0.3 is 0 Å². The lowest BCUT2D eigenvalue weighted by Gasteiger charge is -1.67. The summed E-state index contributed by atoms with van der Waals surface area (Å²) in [4.78, 5) is 3.71. The Balaban J connectivity index is 2.62. The lowest BCUT2D eigenvalue weighted by molar-refractivity contribution is 1.15. The van der Waals surface area contributed by atoms with Gasteiger partial charge in [-0.2, -0.15) is 0 Å². The van der Waals surface area contributed by atoms with Crippen molar-refractivity contribution in [1.29, 1.82) is 0 Å². The quantitative estimate of drug-likeness (QED) is 0.279. The van der Waals surface area contributed by atoms with Crippen LogP contribution in [0.2, 0.25) is 0 Å². The molecule has 0 saturated heterocycles. The molecular weight excluding hydrogens is 82.1 g/mol. The van der Waals surface area contributed by atoms with Crippen molar-refractivity contribution in [2.75, 3.05) is 6.54 Å². The molecule has 0 spiro atoms. The molecule has 0 aliphatic heterocycles. The van der Waals surface area contributed by atoms with Gasteiger partial charge in [0.25, 0.3) is 0 Å². The molecule has 5 heavy (non-hydrogen) atoms. The van der Waals surface area contributed by atoms with E-state index >= 15 is 0 Å². The second-order valence-electron chi connectivity index (χ2n) is 0.614. The lowest BCUT2D eigenvalue weighted by atomic mass is 10.8. The fraction of sp³-hybridized carbons (Fsp3) is 0.667. The normalized spacial score (nSPS) is 10.0. The highest BCUT2D eigenvalue weighted by atomic mass is 32.1. The van der Waals surface area contributed by atoms with E-state index in [2.05, 4.69) is 17.6 Å². The van der Waals surface area contributed by atoms with Crippen molar-refractivity contribution in [1.82, 2.24) is 0 Å². The summed E-state index contributed by atoms with van der Waals surface area (Å²) in [5.74, 6) is 0. The van der Waals surface area contributed by atoms with Gasteiger partial charge in [-0.25, -0.2) is 0 Å². The maximum absolute atomic E-state index is 3.71. The summed E-state index contributed by atoms with van der Waals surface area (Å²) >= 11 is 3.71. The molecule has 0 radical (unpaired) electrons. The van der Waals surface area contributed by atoms with Gasteiger partial charge in [-0.3, -0.25) is 4.99 Å². The first-order valence-electron chi connectivity index (χ1n) is 1.54. The smallest absolute Gasteiger partial charge is 0.0510 e. The molecule has 2 heteroatoms. The zero-order valence-electron chi connectivity index (χ0n) is 3.18. The number of nitrogens with zero attached hydrogens (tertiary/aromatic N) is 1. The number of hydrogen-bond acceptors (Lipinski definition) is 1. The first-order chi connectivity index (χ1) is 2.41. The van der Waals surface area contributed by atoms with Gasteiger partial charge in [0.2, 0.25) is 0 Å². The molecule has 30 valence electrons. The van der Waals surface area contributed by atoms with Crippen molar-refractivity contribution >= 4 is 18.2 Å². The summed E-state index contributed by atoms with van der Waals surface area (Å²) in [5, 5.41) is 0. The summed E-state index contributed by atoms with van der Waals surface area (Å²) in [6, 6.07) is 0. The van der Waals surface area contributed by atoms with Crippen LogP contribution in [0.1, 0.15) is 6.92 Å². The van der Waals surface area contributed by atoms with Crippen LogP contribution in [0.15, 0.2) is 4.99 Å². The van der Waals surface area contributed by atoms with Gasteiger partial charge in [0.1, 0.15) is 0 Å². The van der Waals surface area contributed by atoms with Crippen LogP contribution in [0, 0.1) is 0 Å². The van der Waals surface area contributed by atoms with Gasteiger partial charge in [0, 0.05) is 6.54 Å². The first-order valence-corrected chi connectivity index (χ1v) is 2.06. The predicted octanol–water partition coefficient (Wildman–Crippen LogP) is 0.964. The van der Waals surface area contributed by atoms with E-state index in [1.165, 1.54) is 5.55 Å². The summed E-state index contributed by atoms with van der Waals surface area (Å²) in [6.45, 7) is 2.80. The molecule has 0 aromatic rings. The largest absolute Gasteiger partial charge is 0.287 e. The van der Waals surface area contributed by atoms with E-state index in [1.807, 2.05) is 6.92 Å². The van der Waals surface area contributed by atoms with E-state index in [0.29, 0.717) is 0 Å². The highest BCUT2D eigenvalue weighted by Crippen LogP contribution is 1.63. The zero-order valence-corrected chi connectivity index (χ0v) is 4.07. The zero-order chi connectivity index (χ0) is 4.12. The van der Waals surface area contributed by atoms with Crippen molar-refractivity contribution in [2.45, 2.75) is 6.92 Å². The average Bonchev–Trinajstić information content (AvgIpc) is 1.41. The minimum atomic E-state index is 0.837. The molecule has 0 N–H and O–H groups in total. The first kappa shape index (κ1) is 5.02. The van der Waals surface area contributed by atoms with E-state index in [-0.39, 0.29) is 0 Å². The maximum Gasteiger partial charge on any atom is 0.0510 e. The van der Waals surface area contributed by atoms with Crippen molar-refractivity contribution in [3.63, 3.8) is 0 Å². The molecule has 1 nitrogen and oxygen atoms in total. The molecule has 0 bridgehead atoms. The Morgan fingerprint density at radius 1 is 2.00 bits per heavy atom. The van der Waals surface area contributed by atoms with E-state index in [1.54, 1.807) is 0 Å². The molecule has 0 aliphatic rings. The Labute approximate surface area is 37.5 Å². The molecule has 0 saturated carbocycles. The molecule has 0 fully saturated rings. The fourth-order valence-electron chi connectivity index (χ4n) is 0.0816. The van der Waals surface area contributed by atoms with E-state index in [0.717, 1.165) is 6.54 Å². The lowest BCUT2D eigenvalue weighted by Crippen LogP contribution is -1.60. The Bertz CT molecular complexity index is 33.9. The van der Waals surface area contributed by atoms with Crippen LogP contribution in [-0.2, 0) is 0 Å². The Kier molecular flexibility index (Phi) is 4.04. The molecule has 0 aliphatic carbocycles. The van der Waals surface area contributed by atoms with E-state index < -0.39 is 0 Å². The second kappa shape index (κ2) is 4.02. The number of hydrogen-bond donors (Lipinski definition) is 1. The predicted molar refractivity (Wildman–Crippen MR) is 28.0 cm³/mol. The summed E-state index contributed by atoms with van der Waals surface area (Å²) in [7, 11) is 0. The van der Waals surface area contributed by atoms with Gasteiger partial charge in [-0.1, -0.05) is 0 Å². The van der Waals surface area contributed by atoms with Crippen LogP contribution < -0.4 is 0 Å². The van der Waals surface area contributed by atoms with Gasteiger partial charge in [-0.05, 0) is 6.92 Å². The highest BCUT2D eigenvalue weighted by molar-refractivity contribution is 7.94. The standard InChI is InChI=1S/C3H7NS/c1-2-4-3-5/h3H,2H2,1H3,(H,4,5). The molecule has 0 atom stereocenters. The Morgan fingerprint density at radius 2 is 2.60 bits per heavy atom. The van der Waals surface area contributed by atoms with Crippen LogP contribution in [0.3, 0.4) is 0 Å². The molecule has 0 aromatic carbocycles. The van der Waals surface area contributed by atoms with Crippen molar-refractivity contribution < 1.29 is 0 Å². The van der Waals surface area contributed by atoms with Crippen molar-refractivity contribution in [3.8, 4) is 0 Å². The average molecular weight is 89.2 g/mol. The number of thiol groups is 1. The topological polar surface area (TPSA) is 12.4 Å². The van der Waals surface area contributed by atoms with Crippen molar-refractivity contribution in [2.24, 2.45) is 4.99 Å². The van der Waals surface area contributed by atoms with Crippen LogP contribution in [0.25, 0.3) is 0 Å². The summed E-state index contributed by atoms with van der Waals surface area (Å²) in [5.41, 5.74) is 1.50. The minimum absolute atomic E-state index is 0.837. The van der Waals surface area contributed by atoms with Gasteiger partial charge in [0.15, 0.2) is 0 Å². The van der Waals surface area contributed by atoms with E-state index in [9.17, 15) is 0 Å². The number of rotatable bonds is 1. The third-order valence-electron chi connectivity index (χ3n) is 0.264. The molecule has 0 aromatic heterocycles. The SMILES string of the molecule is CC/N=C/S. The van der Waals surface area contributed by atoms with E-state index in [4.69, 9.17) is 0 Å². The molecular formula is C3H7NS. The fourth-order valence-corrected chi connectivity index (χ4v) is 0.245. The van der Waals surface area contributed by atoms with Crippen LogP contribution in [-0.4, -0.2) is 12.1 Å². The summed E-state index contributed by atoms with van der Waals surface area (Å²) in [6.07, 6.45) is 0. The molecule has 0 heterocycles. The molecule has 0 amide bonds. The Morgan fingerprint density at radius 3 is 2.60 bits per heavy atom. The molecule has 0 rings (SSSR count). The second-order valence-corrected chi connectivity index (χ2v) is 0.845. The Hall–Kier alpha value is 0.0200. The van der Waals surface area contributed by atoms with Crippen LogP contribution in [0.4, 0.5) is 0 Å². The van der Waals surface area contributed by atoms with Crippen LogP contribution >= 0.6 is 12.6 Å². The van der Waals surface area contributed by atoms with Crippen molar-refractivity contribution in [3.05, 3.63) is 0 Å².